The minimum atomic E-state index is -0.297. The van der Waals surface area contributed by atoms with Crippen molar-refractivity contribution in [1.82, 2.24) is 9.55 Å². The van der Waals surface area contributed by atoms with Crippen LogP contribution in [0.5, 0.6) is 0 Å². The van der Waals surface area contributed by atoms with Crippen LogP contribution in [0.15, 0.2) is 48.5 Å². The van der Waals surface area contributed by atoms with Crippen molar-refractivity contribution in [2.75, 3.05) is 18.0 Å². The lowest BCUT2D eigenvalue weighted by molar-refractivity contribution is 0.198. The van der Waals surface area contributed by atoms with Gasteiger partial charge in [0.2, 0.25) is 5.95 Å². The van der Waals surface area contributed by atoms with Crippen molar-refractivity contribution in [2.24, 2.45) is 0 Å². The SMILES string of the molecule is O[C@H]1CCN(c2nc3ccccc3n2Cc2ccc(F)cc2)C1. The monoisotopic (exact) mass is 311 g/mol. The number of benzene rings is 2. The fourth-order valence-electron chi connectivity index (χ4n) is 3.16. The highest BCUT2D eigenvalue weighted by Gasteiger charge is 2.25. The Morgan fingerprint density at radius 3 is 2.65 bits per heavy atom. The fraction of sp³-hybridized carbons (Fsp3) is 0.278. The van der Waals surface area contributed by atoms with Gasteiger partial charge >= 0.3 is 0 Å². The average molecular weight is 311 g/mol. The lowest BCUT2D eigenvalue weighted by Crippen LogP contribution is -2.25. The number of aromatic nitrogens is 2. The van der Waals surface area contributed by atoms with Gasteiger partial charge < -0.3 is 14.6 Å². The summed E-state index contributed by atoms with van der Waals surface area (Å²) in [5, 5.41) is 9.83. The number of β-amino-alcohol motifs (C(OH)–C–C–N with tert-alkyl or cyclic N) is 1. The molecule has 2 heterocycles. The maximum Gasteiger partial charge on any atom is 0.206 e. The number of fused-ring (bicyclic) bond motifs is 1. The quantitative estimate of drug-likeness (QED) is 0.809. The van der Waals surface area contributed by atoms with Gasteiger partial charge in [-0.25, -0.2) is 9.37 Å². The van der Waals surface area contributed by atoms with Gasteiger partial charge in [0.05, 0.1) is 23.7 Å². The van der Waals surface area contributed by atoms with Crippen molar-refractivity contribution >= 4 is 17.0 Å². The molecule has 1 atom stereocenters. The number of aliphatic hydroxyl groups excluding tert-OH is 1. The highest BCUT2D eigenvalue weighted by Crippen LogP contribution is 2.26. The van der Waals surface area contributed by atoms with Gasteiger partial charge in [-0.3, -0.25) is 0 Å². The van der Waals surface area contributed by atoms with Gasteiger partial charge in [-0.15, -0.1) is 0 Å². The van der Waals surface area contributed by atoms with Crippen molar-refractivity contribution in [3.05, 3.63) is 59.9 Å². The van der Waals surface area contributed by atoms with Gasteiger partial charge in [0.15, 0.2) is 0 Å². The molecule has 1 aliphatic rings. The second-order valence-electron chi connectivity index (χ2n) is 6.00. The number of anilines is 1. The molecular weight excluding hydrogens is 293 g/mol. The van der Waals surface area contributed by atoms with Gasteiger partial charge in [0.1, 0.15) is 5.82 Å². The number of aliphatic hydroxyl groups is 1. The molecule has 1 aromatic heterocycles. The maximum atomic E-state index is 13.1. The summed E-state index contributed by atoms with van der Waals surface area (Å²) in [6, 6.07) is 14.6. The van der Waals surface area contributed by atoms with Crippen LogP contribution in [0.4, 0.5) is 10.3 Å². The molecule has 23 heavy (non-hydrogen) atoms. The molecule has 5 heteroatoms. The molecule has 0 unspecified atom stereocenters. The number of imidazole rings is 1. The van der Waals surface area contributed by atoms with E-state index in [2.05, 4.69) is 9.47 Å². The van der Waals surface area contributed by atoms with E-state index in [4.69, 9.17) is 4.98 Å². The number of nitrogens with zero attached hydrogens (tertiary/aromatic N) is 3. The van der Waals surface area contributed by atoms with Crippen LogP contribution in [-0.4, -0.2) is 33.9 Å². The molecule has 1 fully saturated rings. The Bertz CT molecular complexity index is 828. The third-order valence-corrected chi connectivity index (χ3v) is 4.33. The van der Waals surface area contributed by atoms with Crippen molar-refractivity contribution in [3.63, 3.8) is 0 Å². The highest BCUT2D eigenvalue weighted by atomic mass is 19.1. The minimum Gasteiger partial charge on any atom is -0.391 e. The molecule has 0 amide bonds. The normalized spacial score (nSPS) is 18.0. The predicted octanol–water partition coefficient (Wildman–Crippen LogP) is 2.79. The van der Waals surface area contributed by atoms with Crippen molar-refractivity contribution < 1.29 is 9.50 Å². The van der Waals surface area contributed by atoms with Gasteiger partial charge in [-0.2, -0.15) is 0 Å². The summed E-state index contributed by atoms with van der Waals surface area (Å²) < 4.78 is 15.3. The van der Waals surface area contributed by atoms with E-state index >= 15 is 0 Å². The lowest BCUT2D eigenvalue weighted by Gasteiger charge is -2.19. The predicted molar refractivity (Wildman–Crippen MR) is 88.1 cm³/mol. The molecule has 4 nitrogen and oxygen atoms in total. The first-order valence-corrected chi connectivity index (χ1v) is 7.83. The van der Waals surface area contributed by atoms with Crippen molar-refractivity contribution in [2.45, 2.75) is 19.1 Å². The molecule has 4 rings (SSSR count). The zero-order valence-corrected chi connectivity index (χ0v) is 12.7. The van der Waals surface area contributed by atoms with E-state index < -0.39 is 0 Å². The van der Waals surface area contributed by atoms with E-state index in [1.165, 1.54) is 12.1 Å². The summed E-state index contributed by atoms with van der Waals surface area (Å²) >= 11 is 0. The lowest BCUT2D eigenvalue weighted by atomic mass is 10.2. The standard InChI is InChI=1S/C18H18FN3O/c19-14-7-5-13(6-8-14)11-22-17-4-2-1-3-16(17)20-18(22)21-10-9-15(23)12-21/h1-8,15,23H,9-12H2/t15-/m0/s1. The number of halogens is 1. The summed E-state index contributed by atoms with van der Waals surface area (Å²) in [5.41, 5.74) is 3.01. The van der Waals surface area contributed by atoms with Gasteiger partial charge in [0.25, 0.3) is 0 Å². The van der Waals surface area contributed by atoms with Crippen LogP contribution in [0.25, 0.3) is 11.0 Å². The Hall–Kier alpha value is -2.40. The first-order valence-electron chi connectivity index (χ1n) is 7.83. The van der Waals surface area contributed by atoms with Crippen LogP contribution in [0, 0.1) is 5.82 Å². The smallest absolute Gasteiger partial charge is 0.206 e. The Kier molecular flexibility index (Phi) is 3.50. The summed E-state index contributed by atoms with van der Waals surface area (Å²) in [6.07, 6.45) is 0.466. The first kappa shape index (κ1) is 14.2. The van der Waals surface area contributed by atoms with Gasteiger partial charge in [-0.05, 0) is 36.2 Å². The molecule has 1 saturated heterocycles. The van der Waals surface area contributed by atoms with Crippen LogP contribution in [0.3, 0.4) is 0 Å². The molecule has 118 valence electrons. The van der Waals surface area contributed by atoms with Gasteiger partial charge in [-0.1, -0.05) is 24.3 Å². The molecule has 0 spiro atoms. The molecule has 0 aliphatic carbocycles. The van der Waals surface area contributed by atoms with Crippen LogP contribution < -0.4 is 4.90 Å². The topological polar surface area (TPSA) is 41.3 Å². The largest absolute Gasteiger partial charge is 0.391 e. The average Bonchev–Trinajstić information content (AvgIpc) is 3.14. The molecule has 1 N–H and O–H groups in total. The van der Waals surface area contributed by atoms with Crippen LogP contribution in [0.2, 0.25) is 0 Å². The highest BCUT2D eigenvalue weighted by molar-refractivity contribution is 5.79. The van der Waals surface area contributed by atoms with E-state index in [-0.39, 0.29) is 11.9 Å². The van der Waals surface area contributed by atoms with Crippen molar-refractivity contribution in [1.29, 1.82) is 0 Å². The molecule has 0 bridgehead atoms. The summed E-state index contributed by atoms with van der Waals surface area (Å²) in [5.74, 6) is 0.638. The third kappa shape index (κ3) is 2.68. The number of rotatable bonds is 3. The zero-order chi connectivity index (χ0) is 15.8. The Labute approximate surface area is 133 Å². The number of para-hydroxylation sites is 2. The molecule has 0 saturated carbocycles. The first-order chi connectivity index (χ1) is 11.2. The summed E-state index contributed by atoms with van der Waals surface area (Å²) in [4.78, 5) is 6.87. The Morgan fingerprint density at radius 1 is 1.13 bits per heavy atom. The Morgan fingerprint density at radius 2 is 1.91 bits per heavy atom. The van der Waals surface area contributed by atoms with Crippen LogP contribution in [0.1, 0.15) is 12.0 Å². The molecule has 3 aromatic rings. The van der Waals surface area contributed by atoms with Crippen LogP contribution >= 0.6 is 0 Å². The van der Waals surface area contributed by atoms with E-state index in [9.17, 15) is 9.50 Å². The van der Waals surface area contributed by atoms with Crippen LogP contribution in [-0.2, 0) is 6.54 Å². The van der Waals surface area contributed by atoms with Gasteiger partial charge in [0, 0.05) is 13.1 Å². The van der Waals surface area contributed by atoms with E-state index in [0.717, 1.165) is 35.5 Å². The molecule has 2 aromatic carbocycles. The molecular formula is C18H18FN3O. The van der Waals surface area contributed by atoms with E-state index in [1.54, 1.807) is 12.1 Å². The Balaban J connectivity index is 1.77. The summed E-state index contributed by atoms with van der Waals surface area (Å²) in [7, 11) is 0. The second kappa shape index (κ2) is 5.66. The fourth-order valence-corrected chi connectivity index (χ4v) is 3.16. The number of hydrogen-bond acceptors (Lipinski definition) is 3. The van der Waals surface area contributed by atoms with E-state index in [0.29, 0.717) is 13.1 Å². The maximum absolute atomic E-state index is 13.1. The molecule has 1 aliphatic heterocycles. The third-order valence-electron chi connectivity index (χ3n) is 4.33. The minimum absolute atomic E-state index is 0.230. The van der Waals surface area contributed by atoms with E-state index in [1.807, 2.05) is 24.3 Å². The summed E-state index contributed by atoms with van der Waals surface area (Å²) in [6.45, 7) is 2.03. The number of hydrogen-bond donors (Lipinski definition) is 1. The second-order valence-corrected chi connectivity index (χ2v) is 6.00. The van der Waals surface area contributed by atoms with Crippen molar-refractivity contribution in [3.8, 4) is 0 Å². The molecule has 0 radical (unpaired) electrons. The zero-order valence-electron chi connectivity index (χ0n) is 12.7.